The van der Waals surface area contributed by atoms with Crippen molar-refractivity contribution < 1.29 is 9.18 Å². The molecule has 1 amide bonds. The van der Waals surface area contributed by atoms with Crippen LogP contribution in [0.3, 0.4) is 0 Å². The van der Waals surface area contributed by atoms with Crippen molar-refractivity contribution in [3.05, 3.63) is 99.1 Å². The number of rotatable bonds is 4. The van der Waals surface area contributed by atoms with E-state index in [0.717, 1.165) is 54.0 Å². The third-order valence-corrected chi connectivity index (χ3v) is 7.82. The highest BCUT2D eigenvalue weighted by Crippen LogP contribution is 2.32. The Morgan fingerprint density at radius 2 is 1.94 bits per heavy atom. The van der Waals surface area contributed by atoms with Crippen LogP contribution in [0.5, 0.6) is 0 Å². The molecule has 1 aromatic heterocycles. The quantitative estimate of drug-likeness (QED) is 0.540. The van der Waals surface area contributed by atoms with E-state index in [0.29, 0.717) is 31.6 Å². The first kappa shape index (κ1) is 23.0. The van der Waals surface area contributed by atoms with E-state index < -0.39 is 0 Å². The number of carbonyl (C=O) groups excluding carboxylic acids is 1. The molecular formula is C30H31FN4O. The smallest absolute Gasteiger partial charge is 0.227 e. The van der Waals surface area contributed by atoms with E-state index in [1.807, 2.05) is 31.3 Å². The van der Waals surface area contributed by atoms with Crippen LogP contribution in [0.1, 0.15) is 57.5 Å². The fourth-order valence-electron chi connectivity index (χ4n) is 5.88. The number of amides is 1. The molecule has 1 saturated heterocycles. The Bertz CT molecular complexity index is 1380. The standard InChI is InChI=1S/C30H31FN4O/c1-19-5-6-21(11-28(19)31)16-34-9-3-4-26(18-34)35-17-25-13-27-24(12-23(25)14-29(35)36)15-33-30(27)22-7-8-32-20(2)10-22/h5-8,10-13,26H,3-4,9,14-18H2,1-2H3/t26-/m1/s1. The molecule has 0 N–H and O–H groups in total. The summed E-state index contributed by atoms with van der Waals surface area (Å²) < 4.78 is 14.1. The molecule has 0 radical (unpaired) electrons. The molecule has 0 aliphatic carbocycles. The zero-order valence-electron chi connectivity index (χ0n) is 20.9. The molecule has 0 unspecified atom stereocenters. The van der Waals surface area contributed by atoms with Gasteiger partial charge in [0.15, 0.2) is 0 Å². The molecule has 0 bridgehead atoms. The molecule has 184 valence electrons. The van der Waals surface area contributed by atoms with Gasteiger partial charge in [0.1, 0.15) is 5.82 Å². The largest absolute Gasteiger partial charge is 0.334 e. The molecule has 0 saturated carbocycles. The third kappa shape index (κ3) is 4.35. The number of pyridine rings is 1. The first-order chi connectivity index (χ1) is 17.4. The Hall–Kier alpha value is -3.38. The van der Waals surface area contributed by atoms with Crippen molar-refractivity contribution in [2.75, 3.05) is 13.1 Å². The first-order valence-electron chi connectivity index (χ1n) is 12.8. The van der Waals surface area contributed by atoms with E-state index >= 15 is 0 Å². The molecule has 0 spiro atoms. The van der Waals surface area contributed by atoms with Gasteiger partial charge in [0.2, 0.25) is 5.91 Å². The van der Waals surface area contributed by atoms with Gasteiger partial charge in [-0.05, 0) is 85.3 Å². The van der Waals surface area contributed by atoms with Gasteiger partial charge in [-0.1, -0.05) is 18.2 Å². The average molecular weight is 483 g/mol. The number of halogens is 1. The van der Waals surface area contributed by atoms with Gasteiger partial charge in [0.25, 0.3) is 0 Å². The van der Waals surface area contributed by atoms with Crippen LogP contribution in [-0.4, -0.2) is 45.5 Å². The summed E-state index contributed by atoms with van der Waals surface area (Å²) in [6, 6.07) is 14.2. The van der Waals surface area contributed by atoms with Crippen LogP contribution < -0.4 is 0 Å². The lowest BCUT2D eigenvalue weighted by Gasteiger charge is -2.41. The normalized spacial score (nSPS) is 19.8. The number of fused-ring (bicyclic) bond motifs is 2. The SMILES string of the molecule is Cc1cc(C2=NCc3cc4c(cc32)CN([C@@H]2CCCN(Cc3ccc(C)c(F)c3)C2)C(=O)C4)ccn1. The molecule has 6 heteroatoms. The minimum atomic E-state index is -0.152. The summed E-state index contributed by atoms with van der Waals surface area (Å²) in [5, 5.41) is 0. The van der Waals surface area contributed by atoms with Crippen molar-refractivity contribution >= 4 is 11.6 Å². The molecule has 36 heavy (non-hydrogen) atoms. The summed E-state index contributed by atoms with van der Waals surface area (Å²) >= 11 is 0. The van der Waals surface area contributed by atoms with Crippen LogP contribution in [0.4, 0.5) is 4.39 Å². The monoisotopic (exact) mass is 482 g/mol. The Kier molecular flexibility index (Phi) is 5.92. The summed E-state index contributed by atoms with van der Waals surface area (Å²) in [7, 11) is 0. The van der Waals surface area contributed by atoms with Gasteiger partial charge in [-0.2, -0.15) is 0 Å². The summed E-state index contributed by atoms with van der Waals surface area (Å²) in [5.74, 6) is 0.0563. The van der Waals surface area contributed by atoms with Crippen LogP contribution in [0.2, 0.25) is 0 Å². The molecule has 6 rings (SSSR count). The van der Waals surface area contributed by atoms with Crippen LogP contribution in [-0.2, 0) is 30.8 Å². The minimum absolute atomic E-state index is 0.152. The Balaban J connectivity index is 1.21. The minimum Gasteiger partial charge on any atom is -0.334 e. The van der Waals surface area contributed by atoms with Gasteiger partial charge in [0.05, 0.1) is 18.7 Å². The lowest BCUT2D eigenvalue weighted by Crippen LogP contribution is -2.51. The van der Waals surface area contributed by atoms with Crippen molar-refractivity contribution in [3.8, 4) is 0 Å². The van der Waals surface area contributed by atoms with Gasteiger partial charge in [-0.3, -0.25) is 19.7 Å². The van der Waals surface area contributed by atoms with Crippen molar-refractivity contribution in [2.24, 2.45) is 4.99 Å². The lowest BCUT2D eigenvalue weighted by molar-refractivity contribution is -0.135. The Labute approximate surface area is 211 Å². The maximum atomic E-state index is 14.1. The van der Waals surface area contributed by atoms with E-state index in [9.17, 15) is 9.18 Å². The zero-order valence-corrected chi connectivity index (χ0v) is 20.9. The molecule has 1 fully saturated rings. The second-order valence-corrected chi connectivity index (χ2v) is 10.4. The molecular weight excluding hydrogens is 451 g/mol. The number of likely N-dealkylation sites (tertiary alicyclic amines) is 1. The highest BCUT2D eigenvalue weighted by Gasteiger charge is 2.33. The molecule has 1 atom stereocenters. The molecule has 3 aliphatic rings. The number of aromatic nitrogens is 1. The second-order valence-electron chi connectivity index (χ2n) is 10.4. The van der Waals surface area contributed by atoms with Crippen molar-refractivity contribution in [1.29, 1.82) is 0 Å². The van der Waals surface area contributed by atoms with Gasteiger partial charge >= 0.3 is 0 Å². The number of benzene rings is 2. The van der Waals surface area contributed by atoms with Crippen LogP contribution in [0.15, 0.2) is 53.7 Å². The second kappa shape index (κ2) is 9.25. The number of aliphatic imine (C=N–C) groups is 1. The molecule has 5 nitrogen and oxygen atoms in total. The molecule has 4 heterocycles. The molecule has 2 aromatic carbocycles. The maximum absolute atomic E-state index is 14.1. The fourth-order valence-corrected chi connectivity index (χ4v) is 5.88. The van der Waals surface area contributed by atoms with E-state index in [-0.39, 0.29) is 17.8 Å². The number of hydrogen-bond donors (Lipinski definition) is 0. The summed E-state index contributed by atoms with van der Waals surface area (Å²) in [6.45, 7) is 7.60. The number of piperidine rings is 1. The predicted molar refractivity (Wildman–Crippen MR) is 138 cm³/mol. The molecule has 3 aliphatic heterocycles. The summed E-state index contributed by atoms with van der Waals surface area (Å²) in [4.78, 5) is 26.9. The number of hydrogen-bond acceptors (Lipinski definition) is 4. The predicted octanol–water partition coefficient (Wildman–Crippen LogP) is 4.74. The Morgan fingerprint density at radius 1 is 1.06 bits per heavy atom. The van der Waals surface area contributed by atoms with Crippen molar-refractivity contribution in [2.45, 2.75) is 58.8 Å². The van der Waals surface area contributed by atoms with Crippen LogP contribution in [0, 0.1) is 19.7 Å². The van der Waals surface area contributed by atoms with Gasteiger partial charge in [0, 0.05) is 48.7 Å². The van der Waals surface area contributed by atoms with E-state index in [2.05, 4.69) is 33.0 Å². The van der Waals surface area contributed by atoms with E-state index in [1.165, 1.54) is 16.7 Å². The van der Waals surface area contributed by atoms with E-state index in [4.69, 9.17) is 4.99 Å². The van der Waals surface area contributed by atoms with E-state index in [1.54, 1.807) is 13.0 Å². The zero-order chi connectivity index (χ0) is 24.8. The number of nitrogens with zero attached hydrogens (tertiary/aromatic N) is 4. The van der Waals surface area contributed by atoms with Gasteiger partial charge in [-0.25, -0.2) is 4.39 Å². The fraction of sp³-hybridized carbons (Fsp3) is 0.367. The molecule has 3 aromatic rings. The maximum Gasteiger partial charge on any atom is 0.227 e. The topological polar surface area (TPSA) is 48.8 Å². The van der Waals surface area contributed by atoms with Crippen molar-refractivity contribution in [1.82, 2.24) is 14.8 Å². The van der Waals surface area contributed by atoms with Gasteiger partial charge in [-0.15, -0.1) is 0 Å². The number of carbonyl (C=O) groups is 1. The van der Waals surface area contributed by atoms with Crippen LogP contribution in [0.25, 0.3) is 0 Å². The third-order valence-electron chi connectivity index (χ3n) is 7.82. The summed E-state index contributed by atoms with van der Waals surface area (Å²) in [6.07, 6.45) is 4.33. The highest BCUT2D eigenvalue weighted by molar-refractivity contribution is 6.15. The summed E-state index contributed by atoms with van der Waals surface area (Å²) in [5.41, 5.74) is 9.51. The van der Waals surface area contributed by atoms with Crippen molar-refractivity contribution in [3.63, 3.8) is 0 Å². The van der Waals surface area contributed by atoms with Gasteiger partial charge < -0.3 is 4.90 Å². The number of aryl methyl sites for hydroxylation is 2. The average Bonchev–Trinajstić information content (AvgIpc) is 3.27. The first-order valence-corrected chi connectivity index (χ1v) is 12.8. The lowest BCUT2D eigenvalue weighted by atomic mass is 9.90. The van der Waals surface area contributed by atoms with Crippen LogP contribution >= 0.6 is 0 Å². The highest BCUT2D eigenvalue weighted by atomic mass is 19.1. The Morgan fingerprint density at radius 3 is 2.78 bits per heavy atom.